The Hall–Kier alpha value is -2.43. The maximum absolute atomic E-state index is 12.0. The van der Waals surface area contributed by atoms with Gasteiger partial charge in [-0.1, -0.05) is 17.7 Å². The van der Waals surface area contributed by atoms with E-state index in [1.165, 1.54) is 0 Å². The number of benzene rings is 1. The number of hydrogen-bond acceptors (Lipinski definition) is 4. The minimum atomic E-state index is -0.266. The van der Waals surface area contributed by atoms with Gasteiger partial charge in [0.15, 0.2) is 5.69 Å². The molecule has 0 saturated carbocycles. The highest BCUT2D eigenvalue weighted by atomic mass is 16.1. The lowest BCUT2D eigenvalue weighted by Crippen LogP contribution is -2.16. The number of hydrogen-bond donors (Lipinski definition) is 2. The molecule has 0 aliphatic carbocycles. The van der Waals surface area contributed by atoms with Gasteiger partial charge in [-0.15, -0.1) is 10.2 Å². The summed E-state index contributed by atoms with van der Waals surface area (Å²) < 4.78 is 0. The van der Waals surface area contributed by atoms with Gasteiger partial charge in [-0.05, 0) is 45.0 Å². The number of carbonyl (C=O) groups excluding carboxylic acids is 1. The van der Waals surface area contributed by atoms with E-state index in [0.717, 1.165) is 11.3 Å². The number of rotatable bonds is 4. The standard InChI is InChI=1S/C15H18N4O/c1-10(2)16-14-9-8-13(18-19-14)15(20)17-12-6-4-11(3)5-7-12/h4-10H,1-3H3,(H,16,19)(H,17,20). The molecule has 0 radical (unpaired) electrons. The van der Waals surface area contributed by atoms with Gasteiger partial charge in [0, 0.05) is 11.7 Å². The zero-order chi connectivity index (χ0) is 14.5. The fraction of sp³-hybridized carbons (Fsp3) is 0.267. The van der Waals surface area contributed by atoms with Gasteiger partial charge in [0.1, 0.15) is 5.82 Å². The third-order valence-corrected chi connectivity index (χ3v) is 2.64. The summed E-state index contributed by atoms with van der Waals surface area (Å²) in [6.45, 7) is 6.02. The third kappa shape index (κ3) is 3.78. The summed E-state index contributed by atoms with van der Waals surface area (Å²) in [6, 6.07) is 11.3. The van der Waals surface area contributed by atoms with E-state index in [1.807, 2.05) is 45.0 Å². The largest absolute Gasteiger partial charge is 0.366 e. The first-order chi connectivity index (χ1) is 9.54. The van der Waals surface area contributed by atoms with Crippen LogP contribution >= 0.6 is 0 Å². The Labute approximate surface area is 118 Å². The quantitative estimate of drug-likeness (QED) is 0.896. The molecule has 5 nitrogen and oxygen atoms in total. The van der Waals surface area contributed by atoms with Crippen LogP contribution in [-0.2, 0) is 0 Å². The van der Waals surface area contributed by atoms with Crippen molar-refractivity contribution in [2.24, 2.45) is 0 Å². The molecule has 0 spiro atoms. The van der Waals surface area contributed by atoms with E-state index in [9.17, 15) is 4.79 Å². The topological polar surface area (TPSA) is 66.9 Å². The van der Waals surface area contributed by atoms with Gasteiger partial charge in [0.25, 0.3) is 5.91 Å². The normalized spacial score (nSPS) is 10.4. The first-order valence-corrected chi connectivity index (χ1v) is 6.53. The Balaban J connectivity index is 2.03. The van der Waals surface area contributed by atoms with Crippen LogP contribution in [0.2, 0.25) is 0 Å². The van der Waals surface area contributed by atoms with E-state index in [1.54, 1.807) is 12.1 Å². The molecule has 0 fully saturated rings. The molecule has 0 bridgehead atoms. The van der Waals surface area contributed by atoms with Crippen molar-refractivity contribution in [2.75, 3.05) is 10.6 Å². The van der Waals surface area contributed by atoms with E-state index in [-0.39, 0.29) is 11.9 Å². The maximum Gasteiger partial charge on any atom is 0.276 e. The third-order valence-electron chi connectivity index (χ3n) is 2.64. The van der Waals surface area contributed by atoms with E-state index < -0.39 is 0 Å². The van der Waals surface area contributed by atoms with Crippen LogP contribution < -0.4 is 10.6 Å². The summed E-state index contributed by atoms with van der Waals surface area (Å²) in [5, 5.41) is 13.8. The van der Waals surface area contributed by atoms with Crippen molar-refractivity contribution in [3.05, 3.63) is 47.7 Å². The SMILES string of the molecule is Cc1ccc(NC(=O)c2ccc(NC(C)C)nn2)cc1. The van der Waals surface area contributed by atoms with Crippen LogP contribution in [0.1, 0.15) is 29.9 Å². The predicted molar refractivity (Wildman–Crippen MR) is 79.9 cm³/mol. The fourth-order valence-corrected chi connectivity index (χ4v) is 1.66. The molecule has 2 N–H and O–H groups in total. The molecule has 1 heterocycles. The second-order valence-electron chi connectivity index (χ2n) is 4.92. The lowest BCUT2D eigenvalue weighted by molar-refractivity contribution is 0.102. The number of carbonyl (C=O) groups is 1. The van der Waals surface area contributed by atoms with Gasteiger partial charge in [0.2, 0.25) is 0 Å². The lowest BCUT2D eigenvalue weighted by Gasteiger charge is -2.08. The van der Waals surface area contributed by atoms with Crippen molar-refractivity contribution < 1.29 is 4.79 Å². The van der Waals surface area contributed by atoms with Gasteiger partial charge in [-0.2, -0.15) is 0 Å². The Kier molecular flexibility index (Phi) is 4.30. The molecule has 1 amide bonds. The number of aromatic nitrogens is 2. The molecule has 2 aromatic rings. The second-order valence-corrected chi connectivity index (χ2v) is 4.92. The summed E-state index contributed by atoms with van der Waals surface area (Å²) in [5.41, 5.74) is 2.18. The van der Waals surface area contributed by atoms with Gasteiger partial charge < -0.3 is 10.6 Å². The number of anilines is 2. The first kappa shape index (κ1) is 14.0. The molecule has 104 valence electrons. The molecule has 0 aliphatic rings. The molecule has 0 aliphatic heterocycles. The average Bonchev–Trinajstić information content (AvgIpc) is 2.41. The van der Waals surface area contributed by atoms with Crippen molar-refractivity contribution in [3.63, 3.8) is 0 Å². The number of nitrogens with zero attached hydrogens (tertiary/aromatic N) is 2. The molecular formula is C15H18N4O. The second kappa shape index (κ2) is 6.14. The first-order valence-electron chi connectivity index (χ1n) is 6.53. The number of aryl methyl sites for hydroxylation is 1. The smallest absolute Gasteiger partial charge is 0.276 e. The Morgan fingerprint density at radius 3 is 2.30 bits per heavy atom. The molecule has 20 heavy (non-hydrogen) atoms. The summed E-state index contributed by atoms with van der Waals surface area (Å²) >= 11 is 0. The summed E-state index contributed by atoms with van der Waals surface area (Å²) in [7, 11) is 0. The van der Waals surface area contributed by atoms with E-state index >= 15 is 0 Å². The van der Waals surface area contributed by atoms with Crippen molar-refractivity contribution in [1.29, 1.82) is 0 Å². The van der Waals surface area contributed by atoms with Crippen LogP contribution in [-0.4, -0.2) is 22.1 Å². The van der Waals surface area contributed by atoms with Crippen LogP contribution in [0.3, 0.4) is 0 Å². The van der Waals surface area contributed by atoms with Gasteiger partial charge in [-0.25, -0.2) is 0 Å². The molecule has 1 aromatic heterocycles. The van der Waals surface area contributed by atoms with Crippen LogP contribution in [0.5, 0.6) is 0 Å². The fourth-order valence-electron chi connectivity index (χ4n) is 1.66. The average molecular weight is 270 g/mol. The summed E-state index contributed by atoms with van der Waals surface area (Å²) in [6.07, 6.45) is 0. The zero-order valence-electron chi connectivity index (χ0n) is 11.8. The van der Waals surface area contributed by atoms with Crippen molar-refractivity contribution in [1.82, 2.24) is 10.2 Å². The molecule has 0 unspecified atom stereocenters. The van der Waals surface area contributed by atoms with Crippen LogP contribution in [0.15, 0.2) is 36.4 Å². The highest BCUT2D eigenvalue weighted by Gasteiger charge is 2.08. The van der Waals surface area contributed by atoms with Crippen molar-refractivity contribution in [3.8, 4) is 0 Å². The van der Waals surface area contributed by atoms with E-state index in [0.29, 0.717) is 11.5 Å². The number of nitrogens with one attached hydrogen (secondary N) is 2. The summed E-state index contributed by atoms with van der Waals surface area (Å²) in [5.74, 6) is 0.393. The Morgan fingerprint density at radius 2 is 1.75 bits per heavy atom. The van der Waals surface area contributed by atoms with Crippen LogP contribution in [0.25, 0.3) is 0 Å². The lowest BCUT2D eigenvalue weighted by atomic mass is 10.2. The highest BCUT2D eigenvalue weighted by molar-refractivity contribution is 6.02. The van der Waals surface area contributed by atoms with E-state index in [2.05, 4.69) is 20.8 Å². The van der Waals surface area contributed by atoms with Crippen molar-refractivity contribution in [2.45, 2.75) is 26.8 Å². The Bertz CT molecular complexity index is 576. The summed E-state index contributed by atoms with van der Waals surface area (Å²) in [4.78, 5) is 12.0. The molecule has 0 atom stereocenters. The minimum Gasteiger partial charge on any atom is -0.366 e. The zero-order valence-corrected chi connectivity index (χ0v) is 11.8. The molecule has 0 saturated heterocycles. The predicted octanol–water partition coefficient (Wildman–Crippen LogP) is 2.86. The number of amides is 1. The van der Waals surface area contributed by atoms with Gasteiger partial charge >= 0.3 is 0 Å². The van der Waals surface area contributed by atoms with Crippen LogP contribution in [0.4, 0.5) is 11.5 Å². The Morgan fingerprint density at radius 1 is 1.05 bits per heavy atom. The van der Waals surface area contributed by atoms with E-state index in [4.69, 9.17) is 0 Å². The molecule has 5 heteroatoms. The van der Waals surface area contributed by atoms with Gasteiger partial charge in [0.05, 0.1) is 0 Å². The van der Waals surface area contributed by atoms with Gasteiger partial charge in [-0.3, -0.25) is 4.79 Å². The monoisotopic (exact) mass is 270 g/mol. The molecule has 2 rings (SSSR count). The van der Waals surface area contributed by atoms with Crippen molar-refractivity contribution >= 4 is 17.4 Å². The van der Waals surface area contributed by atoms with Crippen LogP contribution in [0, 0.1) is 6.92 Å². The highest BCUT2D eigenvalue weighted by Crippen LogP contribution is 2.10. The molecular weight excluding hydrogens is 252 g/mol. The minimum absolute atomic E-state index is 0.266. The molecule has 1 aromatic carbocycles. The maximum atomic E-state index is 12.0.